The number of rotatable bonds is 26. The number of aliphatic carboxylic acids is 1. The number of hydrogen-bond acceptors (Lipinski definition) is 7. The van der Waals surface area contributed by atoms with Gasteiger partial charge in [0, 0.05) is 6.42 Å². The number of unbranched alkanes of at least 4 members (excludes halogenated alkanes) is 10. The Morgan fingerprint density at radius 3 is 1.49 bits per heavy atom. The van der Waals surface area contributed by atoms with Crippen molar-refractivity contribution in [2.24, 2.45) is 11.8 Å². The van der Waals surface area contributed by atoms with E-state index in [9.17, 15) is 27.4 Å². The van der Waals surface area contributed by atoms with Crippen LogP contribution in [-0.4, -0.2) is 54.4 Å². The maximum absolute atomic E-state index is 12.2. The first-order valence-electron chi connectivity index (χ1n) is 16.5. The summed E-state index contributed by atoms with van der Waals surface area (Å²) in [5.41, 5.74) is 0. The van der Waals surface area contributed by atoms with Crippen molar-refractivity contribution >= 4 is 28.0 Å². The second kappa shape index (κ2) is 31.3. The number of esters is 2. The van der Waals surface area contributed by atoms with Gasteiger partial charge in [0.25, 0.3) is 10.1 Å². The van der Waals surface area contributed by atoms with E-state index in [-0.39, 0.29) is 56.0 Å². The van der Waals surface area contributed by atoms with E-state index in [1.165, 1.54) is 44.9 Å². The monoisotopic (exact) mass is 646 g/mol. The molecule has 3 atom stereocenters. The molecule has 0 heterocycles. The van der Waals surface area contributed by atoms with E-state index < -0.39 is 39.7 Å². The first-order chi connectivity index (χ1) is 20.0. The second-order valence-corrected chi connectivity index (χ2v) is 12.9. The molecule has 0 spiro atoms. The predicted molar refractivity (Wildman–Crippen MR) is 169 cm³/mol. The molecule has 2 N–H and O–H groups in total. The summed E-state index contributed by atoms with van der Waals surface area (Å²) in [6.45, 7) is 10.6. The number of carboxylic acids is 1. The van der Waals surface area contributed by atoms with E-state index in [1.54, 1.807) is 0 Å². The Morgan fingerprint density at radius 1 is 0.674 bits per heavy atom. The fourth-order valence-corrected chi connectivity index (χ4v) is 5.07. The summed E-state index contributed by atoms with van der Waals surface area (Å²) in [5, 5.41) is 6.47. The summed E-state index contributed by atoms with van der Waals surface area (Å²) in [4.78, 5) is 34.4. The third kappa shape index (κ3) is 29.8. The average molecular weight is 647 g/mol. The van der Waals surface area contributed by atoms with Gasteiger partial charge in [0.1, 0.15) is 0 Å². The molecule has 43 heavy (non-hydrogen) atoms. The quantitative estimate of drug-likeness (QED) is 0.0556. The molecular weight excluding hydrogens is 583 g/mol. The number of hydrogen-bond donors (Lipinski definition) is 2. The summed E-state index contributed by atoms with van der Waals surface area (Å²) >= 11 is 0. The van der Waals surface area contributed by atoms with Crippen LogP contribution >= 0.6 is 0 Å². The van der Waals surface area contributed by atoms with Crippen LogP contribution in [0.2, 0.25) is 0 Å². The van der Waals surface area contributed by atoms with E-state index in [1.807, 2.05) is 13.8 Å². The van der Waals surface area contributed by atoms with E-state index in [0.29, 0.717) is 6.42 Å². The van der Waals surface area contributed by atoms with Gasteiger partial charge in [-0.1, -0.05) is 125 Å². The molecule has 0 aromatic heterocycles. The Balaban J connectivity index is -0.000000424. The second-order valence-electron chi connectivity index (χ2n) is 11.3. The van der Waals surface area contributed by atoms with Crippen molar-refractivity contribution in [2.45, 2.75) is 162 Å². The van der Waals surface area contributed by atoms with Gasteiger partial charge < -0.3 is 16.0 Å². The van der Waals surface area contributed by atoms with E-state index in [2.05, 4.69) is 20.8 Å². The molecule has 9 nitrogen and oxygen atoms in total. The summed E-state index contributed by atoms with van der Waals surface area (Å²) in [6.07, 6.45) is 18.2. The molecule has 0 aliphatic heterocycles. The Bertz CT molecular complexity index is 797. The first kappa shape index (κ1) is 46.7. The Labute approximate surface area is 286 Å². The molecule has 0 saturated heterocycles. The molecule has 0 amide bonds. The largest absolute Gasteiger partial charge is 1.00 e. The average Bonchev–Trinajstić information content (AvgIpc) is 2.94. The topological polar surface area (TPSA) is 144 Å². The van der Waals surface area contributed by atoms with Gasteiger partial charge >= 0.3 is 47.5 Å². The SMILES string of the molecule is CCCCC(CC)COC(=O)CC(C(=O)OCC(CC)CCCC)S(=O)(=O)O.CCCCCCCCCCCC(=O)O.[H-].[Na+]. The van der Waals surface area contributed by atoms with Crippen LogP contribution in [-0.2, 0) is 34.0 Å². The zero-order chi connectivity index (χ0) is 32.2. The van der Waals surface area contributed by atoms with Gasteiger partial charge in [-0.05, 0) is 31.1 Å². The number of carbonyl (C=O) groups is 3. The van der Waals surface area contributed by atoms with Gasteiger partial charge in [0.2, 0.25) is 0 Å². The molecule has 0 fully saturated rings. The standard InChI is InChI=1S/C20H38O7S.C12H24O2.Na.H/c1-5-9-11-16(7-3)14-26-19(21)13-18(28(23,24)25)20(22)27-15-17(8-4)12-10-6-2;1-2-3-4-5-6-7-8-9-10-11-12(13)14;;/h16-18H,5-15H2,1-4H3,(H,23,24,25);2-11H2,1H3,(H,13,14);;/q;;+1;-1. The van der Waals surface area contributed by atoms with Crippen molar-refractivity contribution in [3.63, 3.8) is 0 Å². The zero-order valence-corrected chi connectivity index (χ0v) is 31.1. The minimum absolute atomic E-state index is 0. The summed E-state index contributed by atoms with van der Waals surface area (Å²) in [5.74, 6) is -2.27. The molecule has 0 aliphatic carbocycles. The molecule has 0 aromatic rings. The van der Waals surface area contributed by atoms with Crippen molar-refractivity contribution in [1.82, 2.24) is 0 Å². The van der Waals surface area contributed by atoms with Crippen molar-refractivity contribution in [3.8, 4) is 0 Å². The molecular formula is C32H63NaO9S. The van der Waals surface area contributed by atoms with Gasteiger partial charge in [0.05, 0.1) is 19.6 Å². The smallest absolute Gasteiger partial charge is 1.00 e. The maximum Gasteiger partial charge on any atom is 1.00 e. The fourth-order valence-electron chi connectivity index (χ4n) is 4.41. The number of carboxylic acid groups (broad SMARTS) is 1. The van der Waals surface area contributed by atoms with Crippen LogP contribution in [0, 0.1) is 11.8 Å². The van der Waals surface area contributed by atoms with Crippen LogP contribution in [0.4, 0.5) is 0 Å². The van der Waals surface area contributed by atoms with Crippen LogP contribution in [0.15, 0.2) is 0 Å². The van der Waals surface area contributed by atoms with Gasteiger partial charge in [-0.25, -0.2) is 0 Å². The predicted octanol–water partition coefficient (Wildman–Crippen LogP) is 5.26. The van der Waals surface area contributed by atoms with Crippen LogP contribution in [0.25, 0.3) is 0 Å². The van der Waals surface area contributed by atoms with E-state index in [4.69, 9.17) is 14.6 Å². The number of ether oxygens (including phenoxy) is 2. The molecule has 0 aromatic carbocycles. The van der Waals surface area contributed by atoms with Crippen LogP contribution in [0.1, 0.15) is 158 Å². The Kier molecular flexibility index (Phi) is 34.0. The minimum Gasteiger partial charge on any atom is -1.00 e. The van der Waals surface area contributed by atoms with Gasteiger partial charge in [-0.15, -0.1) is 0 Å². The van der Waals surface area contributed by atoms with Gasteiger partial charge in [-0.3, -0.25) is 18.9 Å². The van der Waals surface area contributed by atoms with Crippen molar-refractivity contribution < 1.29 is 72.9 Å². The van der Waals surface area contributed by atoms with Crippen LogP contribution < -0.4 is 29.6 Å². The van der Waals surface area contributed by atoms with Gasteiger partial charge in [0.15, 0.2) is 5.25 Å². The van der Waals surface area contributed by atoms with Crippen molar-refractivity contribution in [3.05, 3.63) is 0 Å². The van der Waals surface area contributed by atoms with Crippen molar-refractivity contribution in [1.29, 1.82) is 0 Å². The number of carbonyl (C=O) groups excluding carboxylic acids is 2. The van der Waals surface area contributed by atoms with Crippen LogP contribution in [0.5, 0.6) is 0 Å². The molecule has 0 radical (unpaired) electrons. The Hall–Kier alpha value is -0.680. The molecule has 0 saturated carbocycles. The molecule has 3 unspecified atom stereocenters. The maximum atomic E-state index is 12.2. The van der Waals surface area contributed by atoms with Gasteiger partial charge in [-0.2, -0.15) is 8.42 Å². The van der Waals surface area contributed by atoms with E-state index >= 15 is 0 Å². The zero-order valence-electron chi connectivity index (χ0n) is 29.2. The molecule has 0 rings (SSSR count). The summed E-state index contributed by atoms with van der Waals surface area (Å²) < 4.78 is 42.8. The van der Waals surface area contributed by atoms with Crippen LogP contribution in [0.3, 0.4) is 0 Å². The first-order valence-corrected chi connectivity index (χ1v) is 18.0. The minimum atomic E-state index is -4.76. The normalized spacial score (nSPS) is 13.1. The summed E-state index contributed by atoms with van der Waals surface area (Å²) in [7, 11) is -4.76. The van der Waals surface area contributed by atoms with Crippen molar-refractivity contribution in [2.75, 3.05) is 13.2 Å². The fraction of sp³-hybridized carbons (Fsp3) is 0.906. The Morgan fingerprint density at radius 2 is 1.09 bits per heavy atom. The molecule has 252 valence electrons. The third-order valence-electron chi connectivity index (χ3n) is 7.50. The van der Waals surface area contributed by atoms with E-state index in [0.717, 1.165) is 64.2 Å². The third-order valence-corrected chi connectivity index (χ3v) is 8.57. The summed E-state index contributed by atoms with van der Waals surface area (Å²) in [6, 6.07) is 0. The molecule has 0 bridgehead atoms. The molecule has 0 aliphatic rings. The molecule has 11 heteroatoms.